The summed E-state index contributed by atoms with van der Waals surface area (Å²) in [5.41, 5.74) is 0.127. The Morgan fingerprint density at radius 2 is 0.798 bits per heavy atom. The summed E-state index contributed by atoms with van der Waals surface area (Å²) in [6, 6.07) is 29.9. The van der Waals surface area contributed by atoms with Crippen molar-refractivity contribution in [2.75, 3.05) is 0 Å². The summed E-state index contributed by atoms with van der Waals surface area (Å²) in [6.45, 7) is 19.0. The maximum atomic E-state index is 14.5. The smallest absolute Gasteiger partial charge is 0.231 e. The van der Waals surface area contributed by atoms with Crippen LogP contribution >= 0.6 is 0 Å². The van der Waals surface area contributed by atoms with Gasteiger partial charge >= 0.3 is 0 Å². The monoisotopic (exact) mass is 1260 g/mol. The summed E-state index contributed by atoms with van der Waals surface area (Å²) in [6.07, 6.45) is 4.45. The van der Waals surface area contributed by atoms with Gasteiger partial charge < -0.3 is 0 Å². The second-order valence-electron chi connectivity index (χ2n) is 15.8. The lowest BCUT2D eigenvalue weighted by molar-refractivity contribution is 0.541. The molecule has 0 fully saturated rings. The van der Waals surface area contributed by atoms with Crippen LogP contribution in [-0.2, 0) is 59.0 Å². The quantitative estimate of drug-likeness (QED) is 0.0477. The molecule has 0 bridgehead atoms. The highest BCUT2D eigenvalue weighted by atomic mass is 32.2. The highest BCUT2D eigenvalue weighted by Crippen LogP contribution is 2.35. The SMILES string of the molecule is C=CS(=O)(=O)c1c2ccccc2c([18F])c2ccccc12.C=CS(=O)(=O)c1ccc([18F])cc1.C=CS(=O)(=O)c1ccc([18F])nc1.C=CS(=O)(=O)c1cccc2c([18F])ccnc12.C=CS(=O)(=O)c1cccnc1[18F].C=CS(=O)(=O)c1ccnc([18F])c1. The molecule has 4 aromatic heterocycles. The van der Waals surface area contributed by atoms with E-state index in [2.05, 4.69) is 59.4 Å². The third-order valence-corrected chi connectivity index (χ3v) is 18.9. The van der Waals surface area contributed by atoms with Crippen LogP contribution in [0.2, 0.25) is 0 Å². The molecule has 0 spiro atoms. The van der Waals surface area contributed by atoms with Crippen molar-refractivity contribution in [1.29, 1.82) is 0 Å². The van der Waals surface area contributed by atoms with Crippen molar-refractivity contribution in [2.24, 2.45) is 0 Å². The molecule has 0 saturated carbocycles. The fourth-order valence-corrected chi connectivity index (χ4v) is 11.4. The first-order valence-corrected chi connectivity index (χ1v) is 32.1. The van der Waals surface area contributed by atoms with E-state index >= 15 is 0 Å². The number of hydrogen-bond acceptors (Lipinski definition) is 16. The van der Waals surface area contributed by atoms with E-state index in [0.29, 0.717) is 27.0 Å². The zero-order valence-corrected chi connectivity index (χ0v) is 48.0. The molecule has 9 aromatic rings. The van der Waals surface area contributed by atoms with E-state index in [1.807, 2.05) is 0 Å². The average molecular weight is 1270 g/mol. The number of fused-ring (bicyclic) bond motifs is 3. The van der Waals surface area contributed by atoms with E-state index in [-0.39, 0.29) is 35.4 Å². The minimum Gasteiger partial charge on any atom is -0.255 e. The minimum absolute atomic E-state index is 0.0282. The Morgan fingerprint density at radius 1 is 0.345 bits per heavy atom. The van der Waals surface area contributed by atoms with E-state index < -0.39 is 99.2 Å². The van der Waals surface area contributed by atoms with Crippen molar-refractivity contribution in [2.45, 2.75) is 29.4 Å². The van der Waals surface area contributed by atoms with Gasteiger partial charge in [-0.1, -0.05) is 94.1 Å². The van der Waals surface area contributed by atoms with Crippen LogP contribution in [0.4, 0.5) is 26.3 Å². The molecule has 9 rings (SSSR count). The van der Waals surface area contributed by atoms with Gasteiger partial charge in [0.1, 0.15) is 22.3 Å². The lowest BCUT2D eigenvalue weighted by Gasteiger charge is -2.11. The summed E-state index contributed by atoms with van der Waals surface area (Å²) >= 11 is 0. The second kappa shape index (κ2) is 28.9. The molecule has 0 radical (unpaired) electrons. The second-order valence-corrected chi connectivity index (χ2v) is 27.1. The highest BCUT2D eigenvalue weighted by Gasteiger charge is 2.22. The van der Waals surface area contributed by atoms with Crippen LogP contribution < -0.4 is 0 Å². The van der Waals surface area contributed by atoms with Crippen molar-refractivity contribution >= 4 is 91.5 Å². The van der Waals surface area contributed by atoms with E-state index in [0.717, 1.165) is 75.8 Å². The predicted molar refractivity (Wildman–Crippen MR) is 306 cm³/mol. The number of pyridine rings is 4. The molecule has 0 aliphatic rings. The molecule has 0 aliphatic heterocycles. The third kappa shape index (κ3) is 17.4. The first kappa shape index (κ1) is 67.7. The fourth-order valence-electron chi connectivity index (χ4n) is 6.54. The van der Waals surface area contributed by atoms with Gasteiger partial charge in [-0.15, -0.1) is 0 Å². The van der Waals surface area contributed by atoms with Crippen LogP contribution in [0, 0.1) is 35.3 Å². The molecule has 0 atom stereocenters. The molecular formula is C56H44F6N4O12S6. The van der Waals surface area contributed by atoms with Gasteiger partial charge in [0.25, 0.3) is 0 Å². The Labute approximate surface area is 480 Å². The lowest BCUT2D eigenvalue weighted by atomic mass is 10.0. The van der Waals surface area contributed by atoms with Gasteiger partial charge in [0.2, 0.25) is 47.4 Å². The number of para-hydroxylation sites is 1. The maximum Gasteiger partial charge on any atom is 0.231 e. The van der Waals surface area contributed by atoms with Crippen LogP contribution in [0.1, 0.15) is 0 Å². The van der Waals surface area contributed by atoms with Crippen LogP contribution in [0.25, 0.3) is 32.4 Å². The summed E-state index contributed by atoms with van der Waals surface area (Å²) < 4.78 is 214. The van der Waals surface area contributed by atoms with Gasteiger partial charge in [0.15, 0.2) is 29.5 Å². The van der Waals surface area contributed by atoms with Crippen molar-refractivity contribution in [1.82, 2.24) is 19.9 Å². The van der Waals surface area contributed by atoms with Crippen LogP contribution in [0.3, 0.4) is 0 Å². The average Bonchev–Trinajstić information content (AvgIpc) is 3.62. The largest absolute Gasteiger partial charge is 0.255 e. The summed E-state index contributed by atoms with van der Waals surface area (Å²) in [4.78, 5) is 13.0. The number of benzene rings is 5. The standard InChI is InChI=1S/C16H11FO2S.C11H8FNO2S.C8H7FO2S.3C7H6FNO2S/c1-2-20(18,19)16-13-9-5-3-7-11(13)15(17)12-8-4-6-10-14(12)16;1-2-16(14,15)10-5-3-4-8-9(12)6-7-13-11(8)10;1-2-12(10,11)8-5-3-7(9)4-6-8;1-2-12(10,11)6-3-4-9-7(8)5-6;1-2-12(10,11)6-3-4-7(8)9-5-6;1-2-12(10,11)6-4-3-5-9-7(6)8/h2-10H,1H2;2-7H,1H2;2-6H,1H2;3*2-5H,1H2/i17-1;12-1;9-1;3*8-1. The van der Waals surface area contributed by atoms with E-state index in [1.54, 1.807) is 48.5 Å². The Morgan fingerprint density at radius 3 is 1.29 bits per heavy atom. The van der Waals surface area contributed by atoms with Crippen LogP contribution in [-0.4, -0.2) is 70.4 Å². The number of sulfone groups is 6. The van der Waals surface area contributed by atoms with Crippen molar-refractivity contribution < 1.29 is 76.8 Å². The molecule has 0 N–H and O–H groups in total. The number of aromatic nitrogens is 4. The van der Waals surface area contributed by atoms with Crippen molar-refractivity contribution in [3.05, 3.63) is 265 Å². The Kier molecular flexibility index (Phi) is 23.3. The topological polar surface area (TPSA) is 256 Å². The van der Waals surface area contributed by atoms with Crippen molar-refractivity contribution in [3.63, 3.8) is 0 Å². The number of nitrogens with zero attached hydrogens (tertiary/aromatic N) is 4. The number of halogens is 6. The number of rotatable bonds is 12. The summed E-state index contributed by atoms with van der Waals surface area (Å²) in [7, 11) is -21.4. The Balaban J connectivity index is 0.000000219. The molecular weight excluding hydrogens is 1220 g/mol. The van der Waals surface area contributed by atoms with Crippen LogP contribution in [0.15, 0.2) is 260 Å². The van der Waals surface area contributed by atoms with Gasteiger partial charge in [-0.2, -0.15) is 13.2 Å². The molecule has 0 saturated heterocycles. The molecule has 28 heteroatoms. The maximum absolute atomic E-state index is 14.5. The fraction of sp³-hybridized carbons (Fsp3) is 0. The molecule has 84 heavy (non-hydrogen) atoms. The van der Waals surface area contributed by atoms with Gasteiger partial charge in [0.05, 0.1) is 30.0 Å². The van der Waals surface area contributed by atoms with Gasteiger partial charge in [-0.25, -0.2) is 78.6 Å². The van der Waals surface area contributed by atoms with E-state index in [1.165, 1.54) is 60.9 Å². The Bertz CT molecular complexity index is 4540. The van der Waals surface area contributed by atoms with E-state index in [9.17, 15) is 76.8 Å². The van der Waals surface area contributed by atoms with Crippen LogP contribution in [0.5, 0.6) is 0 Å². The summed E-state index contributed by atoms with van der Waals surface area (Å²) in [5, 5.41) is 6.35. The normalized spacial score (nSPS) is 11.4. The highest BCUT2D eigenvalue weighted by molar-refractivity contribution is 7.95. The molecule has 16 nitrogen and oxygen atoms in total. The third-order valence-electron chi connectivity index (χ3n) is 10.6. The lowest BCUT2D eigenvalue weighted by Crippen LogP contribution is -2.00. The predicted octanol–water partition coefficient (Wildman–Crippen LogP) is 11.5. The molecule has 5 aromatic carbocycles. The molecule has 438 valence electrons. The van der Waals surface area contributed by atoms with Crippen molar-refractivity contribution in [3.8, 4) is 0 Å². The van der Waals surface area contributed by atoms with E-state index in [4.69, 9.17) is 0 Å². The molecule has 0 aliphatic carbocycles. The summed E-state index contributed by atoms with van der Waals surface area (Å²) in [5.74, 6) is -3.89. The van der Waals surface area contributed by atoms with Gasteiger partial charge in [-0.05, 0) is 72.8 Å². The van der Waals surface area contributed by atoms with Gasteiger partial charge in [0, 0.05) is 90.2 Å². The minimum atomic E-state index is -3.70. The first-order valence-electron chi connectivity index (χ1n) is 22.8. The Hall–Kier alpha value is -8.80. The molecule has 4 heterocycles. The van der Waals surface area contributed by atoms with Gasteiger partial charge in [-0.3, -0.25) is 4.98 Å². The molecule has 0 unspecified atom stereocenters. The zero-order chi connectivity index (χ0) is 62.8. The molecule has 0 amide bonds. The first-order chi connectivity index (χ1) is 39.4. The zero-order valence-electron chi connectivity index (χ0n) is 43.1. The number of hydrogen-bond donors (Lipinski definition) is 0.